The van der Waals surface area contributed by atoms with E-state index in [4.69, 9.17) is 27.1 Å². The molecule has 0 saturated carbocycles. The molecule has 0 aliphatic rings. The number of benzene rings is 3. The number of H-pyrrole nitrogens is 1. The Morgan fingerprint density at radius 3 is 1.92 bits per heavy atom. The molecule has 7 nitrogen and oxygen atoms in total. The molecule has 1 heterocycles. The lowest BCUT2D eigenvalue weighted by Gasteiger charge is -2.37. The molecule has 1 N–H and O–H groups in total. The van der Waals surface area contributed by atoms with Crippen molar-refractivity contribution in [3.8, 4) is 30.4 Å². The third kappa shape index (κ3) is 5.45. The minimum atomic E-state index is -1.16. The Kier molecular flexibility index (Phi) is 8.25. The molecule has 0 amide bonds. The van der Waals surface area contributed by atoms with E-state index in [9.17, 15) is 9.59 Å². The molecule has 0 spiro atoms. The third-order valence-corrected chi connectivity index (χ3v) is 6.03. The van der Waals surface area contributed by atoms with Gasteiger partial charge >= 0.3 is 5.69 Å². The van der Waals surface area contributed by atoms with Gasteiger partial charge in [-0.25, -0.2) is 4.79 Å². The quantitative estimate of drug-likeness (QED) is 0.262. The zero-order chi connectivity index (χ0) is 27.0. The number of rotatable bonds is 10. The number of ether oxygens (including phenoxy) is 3. The number of hydrogen-bond donors (Lipinski definition) is 1. The zero-order valence-corrected chi connectivity index (χ0v) is 20.7. The molecule has 7 heteroatoms. The summed E-state index contributed by atoms with van der Waals surface area (Å²) in [6, 6.07) is 28.3. The molecule has 38 heavy (non-hydrogen) atoms. The molecule has 0 aliphatic heterocycles. The van der Waals surface area contributed by atoms with Gasteiger partial charge in [-0.05, 0) is 28.8 Å². The summed E-state index contributed by atoms with van der Waals surface area (Å²) in [5, 5.41) is 0. The van der Waals surface area contributed by atoms with E-state index in [0.717, 1.165) is 21.3 Å². The predicted octanol–water partition coefficient (Wildman–Crippen LogP) is 3.70. The van der Waals surface area contributed by atoms with Gasteiger partial charge in [-0.15, -0.1) is 12.8 Å². The second kappa shape index (κ2) is 11.9. The summed E-state index contributed by atoms with van der Waals surface area (Å²) in [5.74, 6) is 5.67. The van der Waals surface area contributed by atoms with Crippen LogP contribution in [0.4, 0.5) is 0 Å². The molecule has 3 aromatic carbocycles. The monoisotopic (exact) mass is 506 g/mol. The van der Waals surface area contributed by atoms with E-state index >= 15 is 0 Å². The molecule has 190 valence electrons. The SMILES string of the molecule is C#C[C@@H](COC(c1ccccc1)(c1ccccc1)c1ccc(OC)cc1)O[C@H](C#C)n1ccc(=O)[nH]c1=O. The van der Waals surface area contributed by atoms with Crippen molar-refractivity contribution in [3.63, 3.8) is 0 Å². The van der Waals surface area contributed by atoms with Gasteiger partial charge in [0.2, 0.25) is 6.23 Å². The van der Waals surface area contributed by atoms with Gasteiger partial charge in [-0.3, -0.25) is 14.3 Å². The lowest BCUT2D eigenvalue weighted by atomic mass is 9.80. The highest BCUT2D eigenvalue weighted by Gasteiger charge is 2.38. The van der Waals surface area contributed by atoms with Crippen molar-refractivity contribution in [1.82, 2.24) is 9.55 Å². The first-order valence-corrected chi connectivity index (χ1v) is 11.8. The van der Waals surface area contributed by atoms with Crippen molar-refractivity contribution in [3.05, 3.63) is 135 Å². The van der Waals surface area contributed by atoms with Crippen LogP contribution >= 0.6 is 0 Å². The molecule has 4 rings (SSSR count). The minimum absolute atomic E-state index is 0.0669. The first-order valence-electron chi connectivity index (χ1n) is 11.8. The van der Waals surface area contributed by atoms with Crippen molar-refractivity contribution in [1.29, 1.82) is 0 Å². The summed E-state index contributed by atoms with van der Waals surface area (Å²) < 4.78 is 19.1. The van der Waals surface area contributed by atoms with Crippen molar-refractivity contribution >= 4 is 0 Å². The summed E-state index contributed by atoms with van der Waals surface area (Å²) in [7, 11) is 1.61. The number of nitrogens with one attached hydrogen (secondary N) is 1. The Balaban J connectivity index is 1.74. The Labute approximate surface area is 220 Å². The van der Waals surface area contributed by atoms with Crippen molar-refractivity contribution in [2.24, 2.45) is 0 Å². The number of methoxy groups -OCH3 is 1. The molecule has 0 saturated heterocycles. The fourth-order valence-corrected chi connectivity index (χ4v) is 4.20. The van der Waals surface area contributed by atoms with Crippen molar-refractivity contribution < 1.29 is 14.2 Å². The summed E-state index contributed by atoms with van der Waals surface area (Å²) >= 11 is 0. The van der Waals surface area contributed by atoms with Gasteiger partial charge in [0.25, 0.3) is 5.56 Å². The van der Waals surface area contributed by atoms with E-state index in [1.54, 1.807) is 7.11 Å². The molecule has 1 aromatic heterocycles. The summed E-state index contributed by atoms with van der Waals surface area (Å²) in [5.41, 5.74) is 0.271. The molecular formula is C31H26N2O5. The van der Waals surface area contributed by atoms with E-state index in [0.29, 0.717) is 5.75 Å². The van der Waals surface area contributed by atoms with Gasteiger partial charge in [0.1, 0.15) is 17.5 Å². The molecule has 2 atom stereocenters. The van der Waals surface area contributed by atoms with Crippen LogP contribution in [-0.2, 0) is 15.1 Å². The van der Waals surface area contributed by atoms with Crippen molar-refractivity contribution in [2.45, 2.75) is 17.9 Å². The molecule has 0 unspecified atom stereocenters. The van der Waals surface area contributed by atoms with Crippen LogP contribution in [0, 0.1) is 24.7 Å². The number of aromatic nitrogens is 2. The smallest absolute Gasteiger partial charge is 0.331 e. The first kappa shape index (κ1) is 26.2. The lowest BCUT2D eigenvalue weighted by Crippen LogP contribution is -2.38. The average Bonchev–Trinajstić information content (AvgIpc) is 2.97. The topological polar surface area (TPSA) is 82.6 Å². The van der Waals surface area contributed by atoms with Crippen LogP contribution in [0.5, 0.6) is 5.75 Å². The van der Waals surface area contributed by atoms with Gasteiger partial charge in [0, 0.05) is 12.3 Å². The Bertz CT molecular complexity index is 1510. The third-order valence-electron chi connectivity index (χ3n) is 6.03. The van der Waals surface area contributed by atoms with Crippen LogP contribution in [0.3, 0.4) is 0 Å². The van der Waals surface area contributed by atoms with E-state index in [1.807, 2.05) is 84.9 Å². The minimum Gasteiger partial charge on any atom is -0.497 e. The maximum absolute atomic E-state index is 12.3. The number of terminal acetylenes is 2. The fraction of sp³-hybridized carbons (Fsp3) is 0.161. The Hall–Kier alpha value is -4.82. The first-order chi connectivity index (χ1) is 18.5. The van der Waals surface area contributed by atoms with Crippen LogP contribution in [0.15, 0.2) is 107 Å². The van der Waals surface area contributed by atoms with E-state index < -0.39 is 29.2 Å². The lowest BCUT2D eigenvalue weighted by molar-refractivity contribution is -0.0729. The van der Waals surface area contributed by atoms with E-state index in [1.165, 1.54) is 12.3 Å². The Morgan fingerprint density at radius 1 is 0.842 bits per heavy atom. The van der Waals surface area contributed by atoms with E-state index in [2.05, 4.69) is 16.8 Å². The van der Waals surface area contributed by atoms with Crippen LogP contribution < -0.4 is 16.0 Å². The molecular weight excluding hydrogens is 480 g/mol. The highest BCUT2D eigenvalue weighted by atomic mass is 16.6. The van der Waals surface area contributed by atoms with Gasteiger partial charge in [-0.2, -0.15) is 0 Å². The maximum atomic E-state index is 12.3. The Morgan fingerprint density at radius 2 is 1.42 bits per heavy atom. The van der Waals surface area contributed by atoms with Gasteiger partial charge in [0.05, 0.1) is 13.7 Å². The molecule has 4 aromatic rings. The fourth-order valence-electron chi connectivity index (χ4n) is 4.20. The van der Waals surface area contributed by atoms with Crippen molar-refractivity contribution in [2.75, 3.05) is 13.7 Å². The molecule has 0 bridgehead atoms. The standard InChI is InChI=1S/C31H26N2O5/c1-4-26(38-29(5-2)33-21-20-28(34)32-30(33)35)22-37-31(23-12-8-6-9-13-23,24-14-10-7-11-15-24)25-16-18-27(36-3)19-17-25/h1-2,6-21,26,29H,22H2,3H3,(H,32,34,35)/t26-,29+/m0/s1. The van der Waals surface area contributed by atoms with Gasteiger partial charge < -0.3 is 14.2 Å². The highest BCUT2D eigenvalue weighted by Crippen LogP contribution is 2.41. The number of nitrogens with zero attached hydrogens (tertiary/aromatic N) is 1. The molecule has 0 fully saturated rings. The summed E-state index contributed by atoms with van der Waals surface area (Å²) in [4.78, 5) is 25.9. The largest absolute Gasteiger partial charge is 0.497 e. The van der Waals surface area contributed by atoms with Gasteiger partial charge in [-0.1, -0.05) is 84.6 Å². The average molecular weight is 507 g/mol. The van der Waals surface area contributed by atoms with Crippen LogP contribution in [-0.4, -0.2) is 29.4 Å². The summed E-state index contributed by atoms with van der Waals surface area (Å²) in [6.07, 6.45) is 10.6. The summed E-state index contributed by atoms with van der Waals surface area (Å²) in [6.45, 7) is -0.0669. The van der Waals surface area contributed by atoms with Crippen LogP contribution in [0.25, 0.3) is 0 Å². The number of hydrogen-bond acceptors (Lipinski definition) is 5. The zero-order valence-electron chi connectivity index (χ0n) is 20.7. The molecule has 0 radical (unpaired) electrons. The predicted molar refractivity (Wildman–Crippen MR) is 145 cm³/mol. The maximum Gasteiger partial charge on any atom is 0.331 e. The molecule has 0 aliphatic carbocycles. The highest BCUT2D eigenvalue weighted by molar-refractivity contribution is 5.48. The second-order valence-electron chi connectivity index (χ2n) is 8.28. The second-order valence-corrected chi connectivity index (χ2v) is 8.28. The number of aromatic amines is 1. The van der Waals surface area contributed by atoms with Crippen LogP contribution in [0.1, 0.15) is 22.9 Å². The van der Waals surface area contributed by atoms with Gasteiger partial charge in [0.15, 0.2) is 0 Å². The normalized spacial score (nSPS) is 12.6. The van der Waals surface area contributed by atoms with E-state index in [-0.39, 0.29) is 6.61 Å². The van der Waals surface area contributed by atoms with Crippen LogP contribution in [0.2, 0.25) is 0 Å².